The van der Waals surface area contributed by atoms with E-state index >= 15 is 0 Å². The number of aromatic amines is 1. The molecule has 37 heavy (non-hydrogen) atoms. The van der Waals surface area contributed by atoms with Crippen molar-refractivity contribution < 1.29 is 23.6 Å². The number of benzene rings is 2. The van der Waals surface area contributed by atoms with Crippen LogP contribution >= 0.6 is 11.6 Å². The van der Waals surface area contributed by atoms with Crippen LogP contribution < -0.4 is 25.4 Å². The Labute approximate surface area is 213 Å². The molecule has 2 aromatic heterocycles. The number of hydrogen-bond acceptors (Lipinski definition) is 9. The molecule has 4 rings (SSSR count). The van der Waals surface area contributed by atoms with Crippen molar-refractivity contribution in [2.45, 2.75) is 6.92 Å². The number of aryl methyl sites for hydroxylation is 1. The molecule has 0 saturated heterocycles. The van der Waals surface area contributed by atoms with Crippen LogP contribution in [0.4, 0.5) is 38.0 Å². The molecular weight excluding hydrogens is 511 g/mol. The van der Waals surface area contributed by atoms with Crippen LogP contribution in [0.2, 0.25) is 5.02 Å². The average molecular weight is 529 g/mol. The van der Waals surface area contributed by atoms with Gasteiger partial charge >= 0.3 is 17.9 Å². The van der Waals surface area contributed by atoms with Gasteiger partial charge < -0.3 is 35.5 Å². The highest BCUT2D eigenvalue weighted by atomic mass is 35.5. The quantitative estimate of drug-likeness (QED) is 0.173. The number of carbonyl (C=O) groups excluding carboxylic acids is 1. The summed E-state index contributed by atoms with van der Waals surface area (Å²) in [7, 11) is 1.42. The van der Waals surface area contributed by atoms with Crippen LogP contribution in [0.1, 0.15) is 5.69 Å². The molecule has 190 valence electrons. The SMILES string of the molecule is COc1cc(NC(=O)Nc2ccc(F)c(Cl)c2)ccc1Oc1nc(C)cc(Nc2cc([N+](=O)[O-])n[nH]2)n1. The van der Waals surface area contributed by atoms with Gasteiger partial charge in [-0.15, -0.1) is 0 Å². The molecule has 0 spiro atoms. The van der Waals surface area contributed by atoms with Crippen molar-refractivity contribution in [3.63, 3.8) is 0 Å². The van der Waals surface area contributed by atoms with E-state index in [4.69, 9.17) is 21.1 Å². The van der Waals surface area contributed by atoms with E-state index in [1.807, 2.05) is 0 Å². The normalized spacial score (nSPS) is 10.5. The van der Waals surface area contributed by atoms with E-state index in [1.165, 1.54) is 31.4 Å². The molecule has 0 atom stereocenters. The van der Waals surface area contributed by atoms with Crippen molar-refractivity contribution in [1.82, 2.24) is 20.2 Å². The van der Waals surface area contributed by atoms with Crippen LogP contribution in [0.25, 0.3) is 0 Å². The van der Waals surface area contributed by atoms with Crippen LogP contribution in [0.5, 0.6) is 17.5 Å². The number of anilines is 4. The number of ether oxygens (including phenoxy) is 2. The molecular formula is C22H18ClFN8O5. The number of nitro groups is 1. The summed E-state index contributed by atoms with van der Waals surface area (Å²) < 4.78 is 24.5. The molecule has 0 fully saturated rings. The third-order valence-electron chi connectivity index (χ3n) is 4.65. The Hall–Kier alpha value is -4.98. The van der Waals surface area contributed by atoms with Gasteiger partial charge in [0.1, 0.15) is 11.6 Å². The first-order valence-electron chi connectivity index (χ1n) is 10.4. The lowest BCUT2D eigenvalue weighted by Crippen LogP contribution is -2.19. The first-order valence-corrected chi connectivity index (χ1v) is 10.8. The Morgan fingerprint density at radius 2 is 1.81 bits per heavy atom. The van der Waals surface area contributed by atoms with Gasteiger partial charge in [0.25, 0.3) is 0 Å². The first-order chi connectivity index (χ1) is 17.7. The number of hydrogen-bond donors (Lipinski definition) is 4. The molecule has 4 aromatic rings. The molecule has 0 bridgehead atoms. The number of nitrogens with zero attached hydrogens (tertiary/aromatic N) is 4. The number of methoxy groups -OCH3 is 1. The summed E-state index contributed by atoms with van der Waals surface area (Å²) in [5, 5.41) is 24.8. The fourth-order valence-corrected chi connectivity index (χ4v) is 3.23. The average Bonchev–Trinajstić information content (AvgIpc) is 3.31. The van der Waals surface area contributed by atoms with Gasteiger partial charge in [0.05, 0.1) is 23.3 Å². The minimum atomic E-state index is -0.631. The summed E-state index contributed by atoms with van der Waals surface area (Å²) in [6.45, 7) is 1.71. The molecule has 0 unspecified atom stereocenters. The summed E-state index contributed by atoms with van der Waals surface area (Å²) in [5.74, 6) is 0.136. The van der Waals surface area contributed by atoms with Crippen molar-refractivity contribution in [2.24, 2.45) is 0 Å². The topological polar surface area (TPSA) is 169 Å². The maximum Gasteiger partial charge on any atom is 0.391 e. The summed E-state index contributed by atoms with van der Waals surface area (Å²) in [4.78, 5) is 31.0. The zero-order valence-corrected chi connectivity index (χ0v) is 20.0. The first kappa shape index (κ1) is 25.1. The summed E-state index contributed by atoms with van der Waals surface area (Å²) in [6, 6.07) is 10.6. The number of amides is 2. The van der Waals surface area contributed by atoms with E-state index in [-0.39, 0.29) is 34.2 Å². The zero-order valence-electron chi connectivity index (χ0n) is 19.2. The number of aromatic nitrogens is 4. The van der Waals surface area contributed by atoms with Gasteiger partial charge in [0.15, 0.2) is 17.3 Å². The maximum absolute atomic E-state index is 13.3. The molecule has 2 amide bonds. The van der Waals surface area contributed by atoms with Gasteiger partial charge in [0.2, 0.25) is 0 Å². The Morgan fingerprint density at radius 1 is 1.08 bits per heavy atom. The van der Waals surface area contributed by atoms with Crippen molar-refractivity contribution in [1.29, 1.82) is 0 Å². The smallest absolute Gasteiger partial charge is 0.391 e. The number of rotatable bonds is 8. The monoisotopic (exact) mass is 528 g/mol. The van der Waals surface area contributed by atoms with Crippen LogP contribution in [0.3, 0.4) is 0 Å². The summed E-state index contributed by atoms with van der Waals surface area (Å²) in [6.07, 6.45) is 0. The number of H-pyrrole nitrogens is 1. The molecule has 13 nitrogen and oxygen atoms in total. The van der Waals surface area contributed by atoms with E-state index < -0.39 is 16.8 Å². The second-order valence-electron chi connectivity index (χ2n) is 7.37. The Balaban J connectivity index is 1.46. The van der Waals surface area contributed by atoms with Crippen molar-refractivity contribution in [3.8, 4) is 17.5 Å². The van der Waals surface area contributed by atoms with Gasteiger partial charge in [-0.05, 0) is 42.2 Å². The molecule has 2 heterocycles. The molecule has 0 aliphatic heterocycles. The predicted molar refractivity (Wildman–Crippen MR) is 132 cm³/mol. The Morgan fingerprint density at radius 3 is 2.49 bits per heavy atom. The Bertz CT molecular complexity index is 1480. The van der Waals surface area contributed by atoms with Gasteiger partial charge in [-0.3, -0.25) is 0 Å². The highest BCUT2D eigenvalue weighted by Gasteiger charge is 2.15. The second-order valence-corrected chi connectivity index (χ2v) is 7.78. The minimum Gasteiger partial charge on any atom is -0.493 e. The van der Waals surface area contributed by atoms with Gasteiger partial charge in [-0.2, -0.15) is 10.1 Å². The van der Waals surface area contributed by atoms with E-state index in [2.05, 4.69) is 36.1 Å². The van der Waals surface area contributed by atoms with Crippen molar-refractivity contribution >= 4 is 46.5 Å². The van der Waals surface area contributed by atoms with Crippen LogP contribution in [0, 0.1) is 22.9 Å². The highest BCUT2D eigenvalue weighted by molar-refractivity contribution is 6.31. The van der Waals surface area contributed by atoms with Gasteiger partial charge in [-0.25, -0.2) is 14.2 Å². The largest absolute Gasteiger partial charge is 0.493 e. The number of nitrogens with one attached hydrogen (secondary N) is 4. The highest BCUT2D eigenvalue weighted by Crippen LogP contribution is 2.33. The van der Waals surface area contributed by atoms with Crippen LogP contribution in [-0.4, -0.2) is 38.2 Å². The van der Waals surface area contributed by atoms with Crippen LogP contribution in [0.15, 0.2) is 48.5 Å². The predicted octanol–water partition coefficient (Wildman–Crippen LogP) is 5.40. The number of halogens is 2. The third kappa shape index (κ3) is 6.37. The zero-order chi connectivity index (χ0) is 26.5. The molecule has 2 aromatic carbocycles. The molecule has 0 aliphatic carbocycles. The molecule has 0 radical (unpaired) electrons. The van der Waals surface area contributed by atoms with Gasteiger partial charge in [0, 0.05) is 29.2 Å². The second kappa shape index (κ2) is 10.7. The van der Waals surface area contributed by atoms with E-state index in [0.717, 1.165) is 6.07 Å². The van der Waals surface area contributed by atoms with Crippen molar-refractivity contribution in [3.05, 3.63) is 75.2 Å². The standard InChI is InChI=1S/C22H18ClFN8O5/c1-11-7-18(28-19-10-20(31-30-19)32(34)35)29-22(25-11)37-16-6-4-13(9-17(16)36-2)27-21(33)26-12-3-5-15(24)14(23)8-12/h3-10H,1-2H3,(H2,26,27,33)(H2,25,28,29,30,31). The third-order valence-corrected chi connectivity index (χ3v) is 4.94. The van der Waals surface area contributed by atoms with Gasteiger partial charge in [-0.1, -0.05) is 11.6 Å². The van der Waals surface area contributed by atoms with E-state index in [9.17, 15) is 19.3 Å². The lowest BCUT2D eigenvalue weighted by Gasteiger charge is -2.13. The molecule has 0 aliphatic rings. The van der Waals surface area contributed by atoms with Crippen LogP contribution in [-0.2, 0) is 0 Å². The minimum absolute atomic E-state index is 0.0264. The number of carbonyl (C=O) groups is 1. The lowest BCUT2D eigenvalue weighted by molar-refractivity contribution is -0.389. The number of urea groups is 1. The molecule has 15 heteroatoms. The summed E-state index contributed by atoms with van der Waals surface area (Å²) in [5.41, 5.74) is 1.24. The Kier molecular flexibility index (Phi) is 7.29. The fourth-order valence-electron chi connectivity index (χ4n) is 3.05. The van der Waals surface area contributed by atoms with Crippen molar-refractivity contribution in [2.75, 3.05) is 23.1 Å². The fraction of sp³-hybridized carbons (Fsp3) is 0.0909. The lowest BCUT2D eigenvalue weighted by atomic mass is 10.2. The summed E-state index contributed by atoms with van der Waals surface area (Å²) >= 11 is 5.73. The van der Waals surface area contributed by atoms with E-state index in [0.29, 0.717) is 22.9 Å². The van der Waals surface area contributed by atoms with E-state index in [1.54, 1.807) is 25.1 Å². The molecule has 4 N–H and O–H groups in total. The maximum atomic E-state index is 13.3. The molecule has 0 saturated carbocycles.